The third-order valence-electron chi connectivity index (χ3n) is 8.38. The molecule has 4 aromatic rings. The minimum Gasteiger partial charge on any atom is -0.338 e. The normalized spacial score (nSPS) is 21.9. The molecular formula is C28H30Cl2N8O2S. The van der Waals surface area contributed by atoms with Gasteiger partial charge in [0.25, 0.3) is 0 Å². The van der Waals surface area contributed by atoms with Crippen LogP contribution in [0.3, 0.4) is 0 Å². The summed E-state index contributed by atoms with van der Waals surface area (Å²) < 4.78 is 28.2. The first kappa shape index (κ1) is 26.9. The fraction of sp³-hybridized carbons (Fsp3) is 0.393. The van der Waals surface area contributed by atoms with Crippen LogP contribution in [0, 0.1) is 0 Å². The van der Waals surface area contributed by atoms with E-state index in [1.54, 1.807) is 4.31 Å². The van der Waals surface area contributed by atoms with E-state index in [0.29, 0.717) is 46.4 Å². The van der Waals surface area contributed by atoms with E-state index >= 15 is 0 Å². The van der Waals surface area contributed by atoms with Crippen molar-refractivity contribution in [3.63, 3.8) is 0 Å². The van der Waals surface area contributed by atoms with E-state index in [1.165, 1.54) is 6.26 Å². The van der Waals surface area contributed by atoms with Gasteiger partial charge in [-0.25, -0.2) is 8.42 Å². The molecule has 3 fully saturated rings. The topological polar surface area (TPSA) is 90.2 Å². The summed E-state index contributed by atoms with van der Waals surface area (Å²) >= 11 is 13.0. The number of halogens is 2. The van der Waals surface area contributed by atoms with Crippen LogP contribution < -0.4 is 9.80 Å². The van der Waals surface area contributed by atoms with Crippen LogP contribution in [0.1, 0.15) is 6.42 Å². The number of fused-ring (bicyclic) bond motifs is 3. The lowest BCUT2D eigenvalue weighted by atomic mass is 10.0. The fourth-order valence-corrected chi connectivity index (χ4v) is 7.74. The molecular weight excluding hydrogens is 583 g/mol. The predicted molar refractivity (Wildman–Crippen MR) is 162 cm³/mol. The first-order chi connectivity index (χ1) is 19.7. The van der Waals surface area contributed by atoms with Gasteiger partial charge in [-0.15, -0.1) is 0 Å². The van der Waals surface area contributed by atoms with Crippen molar-refractivity contribution in [1.29, 1.82) is 0 Å². The number of piperazine rings is 2. The summed E-state index contributed by atoms with van der Waals surface area (Å²) in [5.41, 5.74) is 3.95. The molecule has 0 saturated carbocycles. The molecule has 13 heteroatoms. The van der Waals surface area contributed by atoms with E-state index < -0.39 is 10.0 Å². The second kappa shape index (κ2) is 10.1. The molecule has 7 rings (SSSR count). The van der Waals surface area contributed by atoms with Gasteiger partial charge in [-0.3, -0.25) is 0 Å². The molecule has 10 nitrogen and oxygen atoms in total. The molecule has 3 saturated heterocycles. The van der Waals surface area contributed by atoms with Crippen molar-refractivity contribution in [2.24, 2.45) is 0 Å². The molecule has 0 aliphatic carbocycles. The molecule has 5 heterocycles. The van der Waals surface area contributed by atoms with Crippen LogP contribution in [-0.4, -0.2) is 102 Å². The Kier molecular flexibility index (Phi) is 6.62. The van der Waals surface area contributed by atoms with Crippen molar-refractivity contribution in [2.75, 3.05) is 62.4 Å². The van der Waals surface area contributed by atoms with Gasteiger partial charge in [0.05, 0.1) is 16.8 Å². The minimum absolute atomic E-state index is 0.0162. The van der Waals surface area contributed by atoms with Crippen LogP contribution in [0.15, 0.2) is 48.5 Å². The van der Waals surface area contributed by atoms with Crippen molar-refractivity contribution in [2.45, 2.75) is 18.5 Å². The van der Waals surface area contributed by atoms with Gasteiger partial charge in [-0.05, 0) is 37.2 Å². The van der Waals surface area contributed by atoms with E-state index in [4.69, 9.17) is 38.3 Å². The Morgan fingerprint density at radius 1 is 0.902 bits per heavy atom. The van der Waals surface area contributed by atoms with Gasteiger partial charge < -0.3 is 14.7 Å². The molecule has 0 radical (unpaired) electrons. The summed E-state index contributed by atoms with van der Waals surface area (Å²) in [7, 11) is -1.15. The van der Waals surface area contributed by atoms with Crippen molar-refractivity contribution >= 4 is 50.8 Å². The van der Waals surface area contributed by atoms with Gasteiger partial charge in [0, 0.05) is 61.9 Å². The Morgan fingerprint density at radius 2 is 1.63 bits per heavy atom. The zero-order valence-electron chi connectivity index (χ0n) is 22.8. The van der Waals surface area contributed by atoms with Crippen LogP contribution in [0.4, 0.5) is 11.9 Å². The first-order valence-corrected chi connectivity index (χ1v) is 16.3. The molecule has 0 amide bonds. The number of sulfonamides is 1. The predicted octanol–water partition coefficient (Wildman–Crippen LogP) is 3.74. The summed E-state index contributed by atoms with van der Waals surface area (Å²) in [5, 5.41) is 6.35. The monoisotopic (exact) mass is 612 g/mol. The second-order valence-electron chi connectivity index (χ2n) is 11.1. The lowest BCUT2D eigenvalue weighted by Crippen LogP contribution is -2.49. The Hall–Kier alpha value is -2.96. The lowest BCUT2D eigenvalue weighted by Gasteiger charge is -2.35. The summed E-state index contributed by atoms with van der Waals surface area (Å²) in [6, 6.07) is 15.3. The number of rotatable bonds is 5. The smallest absolute Gasteiger partial charge is 0.231 e. The number of benzene rings is 2. The summed E-state index contributed by atoms with van der Waals surface area (Å²) in [6.45, 7) is 4.40. The Bertz CT molecular complexity index is 1740. The van der Waals surface area contributed by atoms with Gasteiger partial charge in [-0.1, -0.05) is 53.5 Å². The largest absolute Gasteiger partial charge is 0.338 e. The molecule has 2 bridgehead atoms. The Balaban J connectivity index is 1.44. The maximum Gasteiger partial charge on any atom is 0.231 e. The molecule has 41 heavy (non-hydrogen) atoms. The molecule has 3 aliphatic heterocycles. The minimum atomic E-state index is -3.27. The molecule has 3 aliphatic rings. The summed E-state index contributed by atoms with van der Waals surface area (Å²) in [5.74, 6) is 1.31. The van der Waals surface area contributed by atoms with Crippen molar-refractivity contribution < 1.29 is 8.42 Å². The van der Waals surface area contributed by atoms with Crippen LogP contribution in [0.5, 0.6) is 0 Å². The summed E-state index contributed by atoms with van der Waals surface area (Å²) in [4.78, 5) is 17.0. The lowest BCUT2D eigenvalue weighted by molar-refractivity contribution is 0.310. The van der Waals surface area contributed by atoms with Gasteiger partial charge in [0.15, 0.2) is 5.65 Å². The average Bonchev–Trinajstić information content (AvgIpc) is 3.67. The standard InChI is InChI=1S/C28H30Cl2N8O2S/c1-34-11-13-35(14-12-34)28-32-27(36-16-21-15-20(36)17-37(21)41(2,39)40)31-26-24(18-7-9-19(29)10-8-18)25(33-38(26)28)22-5-3-4-6-23(22)30/h3-10,20-21H,11-17H2,1-2H3. The number of hydrogen-bond donors (Lipinski definition) is 0. The Morgan fingerprint density at radius 3 is 2.29 bits per heavy atom. The van der Waals surface area contributed by atoms with Crippen LogP contribution in [0.25, 0.3) is 28.0 Å². The number of likely N-dealkylation sites (N-methyl/N-ethyl adjacent to an activating group) is 1. The Labute approximate surface area is 249 Å². The van der Waals surface area contributed by atoms with E-state index in [2.05, 4.69) is 21.7 Å². The van der Waals surface area contributed by atoms with E-state index in [0.717, 1.165) is 49.3 Å². The maximum absolute atomic E-state index is 12.4. The van der Waals surface area contributed by atoms with Crippen LogP contribution in [-0.2, 0) is 10.0 Å². The van der Waals surface area contributed by atoms with Crippen molar-refractivity contribution in [1.82, 2.24) is 28.8 Å². The van der Waals surface area contributed by atoms with Gasteiger partial charge >= 0.3 is 0 Å². The third kappa shape index (κ3) is 4.73. The van der Waals surface area contributed by atoms with E-state index in [-0.39, 0.29) is 12.1 Å². The first-order valence-electron chi connectivity index (χ1n) is 13.7. The fourth-order valence-electron chi connectivity index (χ4n) is 6.25. The van der Waals surface area contributed by atoms with E-state index in [9.17, 15) is 8.42 Å². The van der Waals surface area contributed by atoms with Gasteiger partial charge in [-0.2, -0.15) is 23.9 Å². The highest BCUT2D eigenvalue weighted by Gasteiger charge is 2.48. The number of anilines is 2. The molecule has 0 N–H and O–H groups in total. The van der Waals surface area contributed by atoms with Gasteiger partial charge in [0.2, 0.25) is 21.9 Å². The number of aromatic nitrogens is 4. The van der Waals surface area contributed by atoms with Crippen LogP contribution in [0.2, 0.25) is 10.0 Å². The average molecular weight is 614 g/mol. The summed E-state index contributed by atoms with van der Waals surface area (Å²) in [6.07, 6.45) is 2.05. The second-order valence-corrected chi connectivity index (χ2v) is 13.9. The molecule has 2 aromatic heterocycles. The highest BCUT2D eigenvalue weighted by molar-refractivity contribution is 7.88. The third-order valence-corrected chi connectivity index (χ3v) is 10.3. The van der Waals surface area contributed by atoms with Crippen molar-refractivity contribution in [3.05, 3.63) is 58.6 Å². The number of nitrogens with zero attached hydrogens (tertiary/aromatic N) is 8. The highest BCUT2D eigenvalue weighted by Crippen LogP contribution is 2.41. The molecule has 2 aromatic carbocycles. The molecule has 0 spiro atoms. The zero-order valence-corrected chi connectivity index (χ0v) is 25.1. The molecule has 2 unspecified atom stereocenters. The van der Waals surface area contributed by atoms with Gasteiger partial charge in [0.1, 0.15) is 5.69 Å². The van der Waals surface area contributed by atoms with Crippen molar-refractivity contribution in [3.8, 4) is 22.4 Å². The molecule has 2 atom stereocenters. The van der Waals surface area contributed by atoms with Crippen LogP contribution >= 0.6 is 23.2 Å². The van der Waals surface area contributed by atoms with E-state index in [1.807, 2.05) is 53.0 Å². The number of hydrogen-bond acceptors (Lipinski definition) is 8. The highest BCUT2D eigenvalue weighted by atomic mass is 35.5. The SMILES string of the molecule is CN1CCN(c2nc(N3CC4CC3CN4S(C)(=O)=O)nc3c(-c4ccc(Cl)cc4)c(-c4ccccc4Cl)nn23)CC1. The maximum atomic E-state index is 12.4. The quantitative estimate of drug-likeness (QED) is 0.337. The zero-order chi connectivity index (χ0) is 28.5. The molecule has 214 valence electrons.